The third kappa shape index (κ3) is 4.74. The molecule has 1 fully saturated rings. The number of anilines is 4. The van der Waals surface area contributed by atoms with Crippen LogP contribution in [0.15, 0.2) is 62.6 Å². The normalized spacial score (nSPS) is 14.3. The van der Waals surface area contributed by atoms with Crippen LogP contribution in [-0.4, -0.2) is 36.5 Å². The number of hydrogen-bond acceptors (Lipinski definition) is 8. The highest BCUT2D eigenvalue weighted by atomic mass is 32.2. The van der Waals surface area contributed by atoms with Crippen LogP contribution in [0.5, 0.6) is 0 Å². The van der Waals surface area contributed by atoms with Gasteiger partial charge in [0.2, 0.25) is 5.95 Å². The van der Waals surface area contributed by atoms with Crippen molar-refractivity contribution in [2.45, 2.75) is 31.1 Å². The van der Waals surface area contributed by atoms with Crippen molar-refractivity contribution < 1.29 is 12.8 Å². The van der Waals surface area contributed by atoms with E-state index in [0.717, 1.165) is 43.3 Å². The summed E-state index contributed by atoms with van der Waals surface area (Å²) < 4.78 is 33.0. The van der Waals surface area contributed by atoms with Gasteiger partial charge in [-0.15, -0.1) is 0 Å². The molecule has 5 rings (SSSR count). The third-order valence-corrected chi connectivity index (χ3v) is 6.97. The number of aromatic amines is 1. The van der Waals surface area contributed by atoms with Gasteiger partial charge in [0.05, 0.1) is 10.4 Å². The molecule has 0 unspecified atom stereocenters. The smallest absolute Gasteiger partial charge is 0.408 e. The number of nitrogens with zero attached hydrogens (tertiary/aromatic N) is 3. The zero-order valence-electron chi connectivity index (χ0n) is 18.5. The summed E-state index contributed by atoms with van der Waals surface area (Å²) in [5.41, 5.74) is 2.65. The second-order valence-corrected chi connectivity index (χ2v) is 9.91. The SMILES string of the molecule is Cc1cc(Nc2ccc(NS(=O)(=O)c3ccc4oc(=O)[nH]c4c3)cc2)nc(N2CCCCC2)n1. The lowest BCUT2D eigenvalue weighted by Crippen LogP contribution is -2.31. The lowest BCUT2D eigenvalue weighted by molar-refractivity contribution is 0.555. The Morgan fingerprint density at radius 3 is 2.47 bits per heavy atom. The molecule has 2 aromatic heterocycles. The fraction of sp³-hybridized carbons (Fsp3) is 0.261. The van der Waals surface area contributed by atoms with E-state index in [9.17, 15) is 13.2 Å². The van der Waals surface area contributed by atoms with Gasteiger partial charge in [0.25, 0.3) is 10.0 Å². The molecule has 1 aliphatic rings. The minimum atomic E-state index is -3.85. The molecule has 2 aromatic carbocycles. The number of nitrogens with one attached hydrogen (secondary N) is 3. The number of aromatic nitrogens is 3. The Labute approximate surface area is 196 Å². The average Bonchev–Trinajstić information content (AvgIpc) is 3.20. The molecule has 0 bridgehead atoms. The molecule has 176 valence electrons. The molecular formula is C23H24N6O4S. The summed E-state index contributed by atoms with van der Waals surface area (Å²) in [6, 6.07) is 12.9. The number of fused-ring (bicyclic) bond motifs is 1. The van der Waals surface area contributed by atoms with Gasteiger partial charge >= 0.3 is 5.76 Å². The van der Waals surface area contributed by atoms with Crippen molar-refractivity contribution in [3.8, 4) is 0 Å². The van der Waals surface area contributed by atoms with Crippen LogP contribution in [0.1, 0.15) is 25.0 Å². The summed E-state index contributed by atoms with van der Waals surface area (Å²) in [6.45, 7) is 3.86. The zero-order chi connectivity index (χ0) is 23.7. The highest BCUT2D eigenvalue weighted by molar-refractivity contribution is 7.92. The minimum Gasteiger partial charge on any atom is -0.408 e. The predicted molar refractivity (Wildman–Crippen MR) is 130 cm³/mol. The molecule has 10 nitrogen and oxygen atoms in total. The van der Waals surface area contributed by atoms with Crippen LogP contribution in [0.2, 0.25) is 0 Å². The molecule has 3 N–H and O–H groups in total. The highest BCUT2D eigenvalue weighted by Crippen LogP contribution is 2.24. The molecule has 0 radical (unpaired) electrons. The fourth-order valence-corrected chi connectivity index (χ4v) is 5.02. The molecule has 0 aliphatic carbocycles. The van der Waals surface area contributed by atoms with E-state index in [4.69, 9.17) is 4.42 Å². The third-order valence-electron chi connectivity index (χ3n) is 5.59. The number of oxazole rings is 1. The summed E-state index contributed by atoms with van der Waals surface area (Å²) in [7, 11) is -3.85. The van der Waals surface area contributed by atoms with Gasteiger partial charge < -0.3 is 14.6 Å². The standard InChI is InChI=1S/C23H24N6O4S/c1-15-13-21(27-22(24-15)29-11-3-2-4-12-29)25-16-5-7-17(8-6-16)28-34(31,32)18-9-10-20-19(14-18)26-23(30)33-20/h5-10,13-14,28H,2-4,11-12H2,1H3,(H,26,30)(H,24,25,27). The molecule has 1 saturated heterocycles. The maximum absolute atomic E-state index is 12.8. The first-order valence-electron chi connectivity index (χ1n) is 11.0. The van der Waals surface area contributed by atoms with Crippen molar-refractivity contribution in [1.82, 2.24) is 15.0 Å². The molecule has 0 saturated carbocycles. The summed E-state index contributed by atoms with van der Waals surface area (Å²) in [6.07, 6.45) is 3.53. The molecule has 1 aliphatic heterocycles. The fourth-order valence-electron chi connectivity index (χ4n) is 3.93. The Balaban J connectivity index is 1.30. The number of piperidine rings is 1. The second kappa shape index (κ2) is 8.82. The van der Waals surface area contributed by atoms with Gasteiger partial charge in [-0.05, 0) is 68.7 Å². The van der Waals surface area contributed by atoms with E-state index in [1.54, 1.807) is 24.3 Å². The first kappa shape index (κ1) is 22.0. The first-order valence-corrected chi connectivity index (χ1v) is 12.5. The summed E-state index contributed by atoms with van der Waals surface area (Å²) in [4.78, 5) is 25.2. The number of rotatable bonds is 6. The van der Waals surface area contributed by atoms with E-state index in [2.05, 4.69) is 29.9 Å². The summed E-state index contributed by atoms with van der Waals surface area (Å²) in [5.74, 6) is 0.772. The van der Waals surface area contributed by atoms with E-state index >= 15 is 0 Å². The van der Waals surface area contributed by atoms with Gasteiger partial charge in [-0.1, -0.05) is 0 Å². The summed E-state index contributed by atoms with van der Waals surface area (Å²) >= 11 is 0. The van der Waals surface area contributed by atoms with Crippen molar-refractivity contribution in [2.24, 2.45) is 0 Å². The van der Waals surface area contributed by atoms with Gasteiger partial charge in [-0.2, -0.15) is 4.98 Å². The molecule has 3 heterocycles. The Bertz CT molecular complexity index is 1490. The highest BCUT2D eigenvalue weighted by Gasteiger charge is 2.17. The first-order chi connectivity index (χ1) is 16.4. The molecule has 0 atom stereocenters. The van der Waals surface area contributed by atoms with E-state index in [0.29, 0.717) is 22.6 Å². The van der Waals surface area contributed by atoms with Crippen LogP contribution in [0.25, 0.3) is 11.1 Å². The van der Waals surface area contributed by atoms with E-state index < -0.39 is 15.8 Å². The van der Waals surface area contributed by atoms with E-state index in [1.165, 1.54) is 24.6 Å². The zero-order valence-corrected chi connectivity index (χ0v) is 19.4. The van der Waals surface area contributed by atoms with Crippen LogP contribution < -0.4 is 20.7 Å². The molecule has 11 heteroatoms. The molecule has 0 spiro atoms. The lowest BCUT2D eigenvalue weighted by Gasteiger charge is -2.27. The number of hydrogen-bond donors (Lipinski definition) is 3. The molecule has 34 heavy (non-hydrogen) atoms. The number of benzene rings is 2. The molecule has 4 aromatic rings. The quantitative estimate of drug-likeness (QED) is 0.380. The Hall–Kier alpha value is -3.86. The Kier molecular flexibility index (Phi) is 5.70. The Morgan fingerprint density at radius 1 is 0.971 bits per heavy atom. The van der Waals surface area contributed by atoms with Gasteiger partial charge in [0, 0.05) is 36.2 Å². The molecule has 0 amide bonds. The van der Waals surface area contributed by atoms with Crippen LogP contribution in [-0.2, 0) is 10.0 Å². The van der Waals surface area contributed by atoms with E-state index in [-0.39, 0.29) is 4.90 Å². The predicted octanol–water partition coefficient (Wildman–Crippen LogP) is 3.75. The maximum atomic E-state index is 12.8. The second-order valence-electron chi connectivity index (χ2n) is 8.22. The van der Waals surface area contributed by atoms with Crippen molar-refractivity contribution >= 4 is 44.3 Å². The Morgan fingerprint density at radius 2 is 1.71 bits per heavy atom. The molecular weight excluding hydrogens is 456 g/mol. The van der Waals surface area contributed by atoms with Crippen molar-refractivity contribution in [1.29, 1.82) is 0 Å². The average molecular weight is 481 g/mol. The topological polar surface area (TPSA) is 133 Å². The minimum absolute atomic E-state index is 0.0148. The maximum Gasteiger partial charge on any atom is 0.417 e. The van der Waals surface area contributed by atoms with Gasteiger partial charge in [-0.3, -0.25) is 9.71 Å². The van der Waals surface area contributed by atoms with Gasteiger partial charge in [0.1, 0.15) is 5.82 Å². The number of sulfonamides is 1. The van der Waals surface area contributed by atoms with Crippen LogP contribution in [0, 0.1) is 6.92 Å². The van der Waals surface area contributed by atoms with Crippen LogP contribution in [0.3, 0.4) is 0 Å². The lowest BCUT2D eigenvalue weighted by atomic mass is 10.1. The number of H-pyrrole nitrogens is 1. The monoisotopic (exact) mass is 480 g/mol. The van der Waals surface area contributed by atoms with Crippen molar-refractivity contribution in [3.63, 3.8) is 0 Å². The van der Waals surface area contributed by atoms with Crippen molar-refractivity contribution in [3.05, 3.63) is 64.8 Å². The van der Waals surface area contributed by atoms with Gasteiger partial charge in [0.15, 0.2) is 5.58 Å². The van der Waals surface area contributed by atoms with Gasteiger partial charge in [-0.25, -0.2) is 18.2 Å². The largest absolute Gasteiger partial charge is 0.417 e. The van der Waals surface area contributed by atoms with Crippen LogP contribution >= 0.6 is 0 Å². The van der Waals surface area contributed by atoms with Crippen LogP contribution in [0.4, 0.5) is 23.1 Å². The van der Waals surface area contributed by atoms with E-state index in [1.807, 2.05) is 13.0 Å². The number of aryl methyl sites for hydroxylation is 1. The summed E-state index contributed by atoms with van der Waals surface area (Å²) in [5, 5.41) is 3.27. The van der Waals surface area contributed by atoms with Crippen molar-refractivity contribution in [2.75, 3.05) is 28.0 Å².